The smallest absolute Gasteiger partial charge is 0.261 e. The molecule has 0 aliphatic rings. The van der Waals surface area contributed by atoms with Crippen LogP contribution in [0.25, 0.3) is 0 Å². The molecular formula is C22H31NO3SSi. The number of benzene rings is 2. The Labute approximate surface area is 170 Å². The van der Waals surface area contributed by atoms with E-state index in [4.69, 9.17) is 9.56 Å². The molecule has 6 heteroatoms. The van der Waals surface area contributed by atoms with Crippen molar-refractivity contribution in [3.8, 4) is 0 Å². The molecule has 1 unspecified atom stereocenters. The third-order valence-electron chi connectivity index (χ3n) is 4.92. The Kier molecular flexibility index (Phi) is 7.39. The SMILES string of the molecule is C=CCC(CO[Si](c1ccccc1)(c1ccccc1)C(C)(C)C)CS(N)(=O)=O. The molecule has 4 nitrogen and oxygen atoms in total. The van der Waals surface area contributed by atoms with E-state index in [9.17, 15) is 8.42 Å². The molecule has 0 aromatic heterocycles. The van der Waals surface area contributed by atoms with E-state index in [0.29, 0.717) is 13.0 Å². The van der Waals surface area contributed by atoms with Gasteiger partial charge < -0.3 is 4.43 Å². The van der Waals surface area contributed by atoms with Gasteiger partial charge in [0.2, 0.25) is 10.0 Å². The highest BCUT2D eigenvalue weighted by molar-refractivity contribution is 7.89. The highest BCUT2D eigenvalue weighted by Crippen LogP contribution is 2.37. The van der Waals surface area contributed by atoms with Gasteiger partial charge in [-0.1, -0.05) is 87.5 Å². The third-order valence-corrected chi connectivity index (χ3v) is 10.9. The summed E-state index contributed by atoms with van der Waals surface area (Å²) >= 11 is 0. The zero-order valence-corrected chi connectivity index (χ0v) is 18.8. The van der Waals surface area contributed by atoms with Crippen LogP contribution in [0.3, 0.4) is 0 Å². The van der Waals surface area contributed by atoms with Crippen LogP contribution in [0.15, 0.2) is 73.3 Å². The van der Waals surface area contributed by atoms with E-state index in [1.54, 1.807) is 6.08 Å². The van der Waals surface area contributed by atoms with Crippen LogP contribution in [0.4, 0.5) is 0 Å². The molecule has 0 spiro atoms. The molecule has 0 aliphatic heterocycles. The van der Waals surface area contributed by atoms with Gasteiger partial charge >= 0.3 is 0 Å². The van der Waals surface area contributed by atoms with Gasteiger partial charge in [0.05, 0.1) is 5.75 Å². The number of hydrogen-bond acceptors (Lipinski definition) is 3. The Morgan fingerprint density at radius 2 is 1.50 bits per heavy atom. The highest BCUT2D eigenvalue weighted by Gasteiger charge is 2.50. The first kappa shape index (κ1) is 22.6. The maximum absolute atomic E-state index is 11.7. The monoisotopic (exact) mass is 417 g/mol. The van der Waals surface area contributed by atoms with E-state index >= 15 is 0 Å². The summed E-state index contributed by atoms with van der Waals surface area (Å²) in [6.07, 6.45) is 2.26. The minimum atomic E-state index is -3.59. The van der Waals surface area contributed by atoms with E-state index in [1.165, 1.54) is 10.4 Å². The van der Waals surface area contributed by atoms with Crippen molar-refractivity contribution in [1.82, 2.24) is 0 Å². The molecule has 2 rings (SSSR count). The van der Waals surface area contributed by atoms with Crippen LogP contribution in [-0.2, 0) is 14.4 Å². The summed E-state index contributed by atoms with van der Waals surface area (Å²) < 4.78 is 30.2. The van der Waals surface area contributed by atoms with Crippen molar-refractivity contribution in [2.45, 2.75) is 32.2 Å². The second-order valence-electron chi connectivity index (χ2n) is 8.19. The molecule has 2 aromatic rings. The van der Waals surface area contributed by atoms with Gasteiger partial charge in [-0.2, -0.15) is 0 Å². The van der Waals surface area contributed by atoms with E-state index < -0.39 is 18.3 Å². The summed E-state index contributed by atoms with van der Waals surface area (Å²) in [5, 5.41) is 7.49. The number of allylic oxidation sites excluding steroid dienone is 1. The van der Waals surface area contributed by atoms with Crippen molar-refractivity contribution in [1.29, 1.82) is 0 Å². The minimum Gasteiger partial charge on any atom is -0.407 e. The fraction of sp³-hybridized carbons (Fsp3) is 0.364. The lowest BCUT2D eigenvalue weighted by molar-refractivity contribution is 0.247. The summed E-state index contributed by atoms with van der Waals surface area (Å²) in [7, 11) is -6.28. The van der Waals surface area contributed by atoms with Crippen LogP contribution in [0.1, 0.15) is 27.2 Å². The van der Waals surface area contributed by atoms with Crippen molar-refractivity contribution >= 4 is 28.7 Å². The summed E-state index contributed by atoms with van der Waals surface area (Å²) in [5.74, 6) is -0.342. The first-order valence-electron chi connectivity index (χ1n) is 9.46. The molecule has 2 aromatic carbocycles. The van der Waals surface area contributed by atoms with Crippen molar-refractivity contribution < 1.29 is 12.8 Å². The molecule has 2 N–H and O–H groups in total. The molecule has 0 saturated heterocycles. The second-order valence-corrected chi connectivity index (χ2v) is 14.2. The van der Waals surface area contributed by atoms with Crippen molar-refractivity contribution in [2.75, 3.05) is 12.4 Å². The summed E-state index contributed by atoms with van der Waals surface area (Å²) in [5.41, 5.74) is 0. The predicted octanol–water partition coefficient (Wildman–Crippen LogP) is 3.04. The van der Waals surface area contributed by atoms with Crippen LogP contribution in [0.2, 0.25) is 5.04 Å². The van der Waals surface area contributed by atoms with Crippen LogP contribution in [0, 0.1) is 5.92 Å². The number of nitrogens with two attached hydrogens (primary N) is 1. The quantitative estimate of drug-likeness (QED) is 0.504. The normalized spacial score (nSPS) is 13.9. The molecule has 28 heavy (non-hydrogen) atoms. The molecule has 0 radical (unpaired) electrons. The summed E-state index contributed by atoms with van der Waals surface area (Å²) in [6.45, 7) is 10.7. The number of hydrogen-bond donors (Lipinski definition) is 1. The Morgan fingerprint density at radius 1 is 1.04 bits per heavy atom. The van der Waals surface area contributed by atoms with Gasteiger partial charge in [-0.3, -0.25) is 0 Å². The van der Waals surface area contributed by atoms with Gasteiger partial charge in [0.1, 0.15) is 0 Å². The maximum Gasteiger partial charge on any atom is 0.261 e. The van der Waals surface area contributed by atoms with Crippen LogP contribution < -0.4 is 15.5 Å². The van der Waals surface area contributed by atoms with Gasteiger partial charge in [0, 0.05) is 6.61 Å². The number of rotatable bonds is 9. The van der Waals surface area contributed by atoms with Gasteiger partial charge in [-0.25, -0.2) is 13.6 Å². The fourth-order valence-electron chi connectivity index (χ4n) is 3.75. The third kappa shape index (κ3) is 5.41. The lowest BCUT2D eigenvalue weighted by atomic mass is 10.1. The average Bonchev–Trinajstić information content (AvgIpc) is 2.62. The first-order valence-corrected chi connectivity index (χ1v) is 13.1. The van der Waals surface area contributed by atoms with E-state index in [1.807, 2.05) is 36.4 Å². The molecule has 0 fully saturated rings. The number of primary sulfonamides is 1. The molecule has 1 atom stereocenters. The number of sulfonamides is 1. The van der Waals surface area contributed by atoms with Crippen molar-refractivity contribution in [2.24, 2.45) is 11.1 Å². The topological polar surface area (TPSA) is 69.4 Å². The Morgan fingerprint density at radius 3 is 1.86 bits per heavy atom. The highest BCUT2D eigenvalue weighted by atomic mass is 32.2. The lowest BCUT2D eigenvalue weighted by Gasteiger charge is -2.43. The largest absolute Gasteiger partial charge is 0.407 e. The van der Waals surface area contributed by atoms with Crippen LogP contribution in [-0.4, -0.2) is 29.1 Å². The Hall–Kier alpha value is -1.73. The molecule has 0 aliphatic carbocycles. The van der Waals surface area contributed by atoms with Gasteiger partial charge in [0.15, 0.2) is 0 Å². The molecule has 0 saturated carbocycles. The maximum atomic E-state index is 11.7. The van der Waals surface area contributed by atoms with Gasteiger partial charge in [-0.15, -0.1) is 6.58 Å². The lowest BCUT2D eigenvalue weighted by Crippen LogP contribution is -2.67. The second kappa shape index (κ2) is 9.18. The zero-order valence-electron chi connectivity index (χ0n) is 17.0. The Bertz CT molecular complexity index is 822. The van der Waals surface area contributed by atoms with Crippen LogP contribution in [0.5, 0.6) is 0 Å². The Balaban J connectivity index is 2.53. The van der Waals surface area contributed by atoms with E-state index in [2.05, 4.69) is 51.6 Å². The fourth-order valence-corrected chi connectivity index (χ4v) is 9.28. The van der Waals surface area contributed by atoms with E-state index in [0.717, 1.165) is 0 Å². The van der Waals surface area contributed by atoms with Gasteiger partial charge in [-0.05, 0) is 27.8 Å². The standard InChI is InChI=1S/C22H31NO3SSi/c1-5-12-19(18-27(23,24)25)17-26-28(22(2,3)4,20-13-8-6-9-14-20)21-15-10-7-11-16-21/h5-11,13-16,19H,1,12,17-18H2,2-4H3,(H2,23,24,25). The molecule has 0 amide bonds. The average molecular weight is 418 g/mol. The van der Waals surface area contributed by atoms with Crippen molar-refractivity contribution in [3.63, 3.8) is 0 Å². The molecule has 152 valence electrons. The van der Waals surface area contributed by atoms with Gasteiger partial charge in [0.25, 0.3) is 8.32 Å². The van der Waals surface area contributed by atoms with Crippen molar-refractivity contribution in [3.05, 3.63) is 73.3 Å². The molecule has 0 heterocycles. The molecular weight excluding hydrogens is 386 g/mol. The summed E-state index contributed by atoms with van der Waals surface area (Å²) in [4.78, 5) is 0. The van der Waals surface area contributed by atoms with E-state index in [-0.39, 0.29) is 16.7 Å². The molecule has 0 bridgehead atoms. The summed E-state index contributed by atoms with van der Waals surface area (Å²) in [6, 6.07) is 20.6. The first-order chi connectivity index (χ1) is 13.1. The minimum absolute atomic E-state index is 0.114. The zero-order chi connectivity index (χ0) is 20.8. The predicted molar refractivity (Wildman–Crippen MR) is 120 cm³/mol. The van der Waals surface area contributed by atoms with Crippen LogP contribution >= 0.6 is 0 Å².